The van der Waals surface area contributed by atoms with Crippen molar-refractivity contribution in [3.63, 3.8) is 0 Å². The normalized spacial score (nSPS) is 9.64. The van der Waals surface area contributed by atoms with Gasteiger partial charge in [0, 0.05) is 6.61 Å². The van der Waals surface area contributed by atoms with Crippen LogP contribution in [-0.2, 0) is 14.3 Å². The summed E-state index contributed by atoms with van der Waals surface area (Å²) in [4.78, 5) is 10.7. The first-order valence-corrected chi connectivity index (χ1v) is 4.14. The van der Waals surface area contributed by atoms with E-state index < -0.39 is 0 Å². The molecule has 0 saturated heterocycles. The Labute approximate surface area is 71.6 Å². The number of carbonyl (C=O) groups excluding carboxylic acids is 1. The highest BCUT2D eigenvalue weighted by Gasteiger charge is 2.00. The van der Waals surface area contributed by atoms with Crippen LogP contribution in [0.15, 0.2) is 0 Å². The molecule has 0 N–H and O–H groups in total. The number of alkyl halides is 1. The number of halogens is 1. The molecule has 0 fully saturated rings. The molecule has 11 heavy (non-hydrogen) atoms. The van der Waals surface area contributed by atoms with E-state index in [-0.39, 0.29) is 12.6 Å². The van der Waals surface area contributed by atoms with Gasteiger partial charge in [-0.3, -0.25) is 4.79 Å². The van der Waals surface area contributed by atoms with Crippen LogP contribution < -0.4 is 0 Å². The quantitative estimate of drug-likeness (QED) is 0.350. The summed E-state index contributed by atoms with van der Waals surface area (Å²) in [6.45, 7) is 3.22. The molecule has 3 nitrogen and oxygen atoms in total. The van der Waals surface area contributed by atoms with Gasteiger partial charge in [0.2, 0.25) is 0 Å². The summed E-state index contributed by atoms with van der Waals surface area (Å²) in [6.07, 6.45) is 0.310. The fourth-order valence-corrected chi connectivity index (χ4v) is 0.602. The predicted molar refractivity (Wildman–Crippen MR) is 42.8 cm³/mol. The van der Waals surface area contributed by atoms with Crippen molar-refractivity contribution in [2.45, 2.75) is 13.3 Å². The SMILES string of the molecule is CCOCCC(=O)OCCCl. The zero-order chi connectivity index (χ0) is 8.53. The monoisotopic (exact) mass is 180 g/mol. The Morgan fingerprint density at radius 3 is 2.73 bits per heavy atom. The molecule has 0 atom stereocenters. The van der Waals surface area contributed by atoms with Crippen LogP contribution in [0.2, 0.25) is 0 Å². The molecule has 0 aliphatic rings. The van der Waals surface area contributed by atoms with E-state index in [0.717, 1.165) is 0 Å². The van der Waals surface area contributed by atoms with Crippen molar-refractivity contribution in [2.75, 3.05) is 25.7 Å². The molecular formula is C7H13ClO3. The molecule has 0 aromatic rings. The van der Waals surface area contributed by atoms with Gasteiger partial charge in [0.1, 0.15) is 6.61 Å². The Bertz CT molecular complexity index is 106. The van der Waals surface area contributed by atoms with Gasteiger partial charge in [-0.15, -0.1) is 11.6 Å². The molecule has 0 aliphatic heterocycles. The molecule has 0 aromatic carbocycles. The lowest BCUT2D eigenvalue weighted by molar-refractivity contribution is -0.144. The van der Waals surface area contributed by atoms with Gasteiger partial charge in [0.25, 0.3) is 0 Å². The number of ether oxygens (including phenoxy) is 2. The zero-order valence-corrected chi connectivity index (χ0v) is 7.39. The van der Waals surface area contributed by atoms with Crippen molar-refractivity contribution in [3.05, 3.63) is 0 Å². The van der Waals surface area contributed by atoms with E-state index in [4.69, 9.17) is 16.3 Å². The first kappa shape index (κ1) is 10.7. The maximum absolute atomic E-state index is 10.7. The van der Waals surface area contributed by atoms with Gasteiger partial charge in [-0.25, -0.2) is 0 Å². The van der Waals surface area contributed by atoms with Crippen molar-refractivity contribution in [3.8, 4) is 0 Å². The van der Waals surface area contributed by atoms with Crippen LogP contribution in [0.3, 0.4) is 0 Å². The van der Waals surface area contributed by atoms with Crippen LogP contribution in [0.1, 0.15) is 13.3 Å². The average molecular weight is 181 g/mol. The van der Waals surface area contributed by atoms with Crippen LogP contribution in [0.4, 0.5) is 0 Å². The molecular weight excluding hydrogens is 168 g/mol. The molecule has 0 amide bonds. The highest BCUT2D eigenvalue weighted by molar-refractivity contribution is 6.18. The minimum Gasteiger partial charge on any atom is -0.464 e. The minimum absolute atomic E-state index is 0.251. The van der Waals surface area contributed by atoms with E-state index in [1.165, 1.54) is 0 Å². The van der Waals surface area contributed by atoms with Crippen LogP contribution in [-0.4, -0.2) is 31.7 Å². The molecule has 0 aromatic heterocycles. The fraction of sp³-hybridized carbons (Fsp3) is 0.857. The number of esters is 1. The maximum Gasteiger partial charge on any atom is 0.308 e. The third kappa shape index (κ3) is 7.62. The molecule has 0 heterocycles. The van der Waals surface area contributed by atoms with Crippen molar-refractivity contribution in [1.82, 2.24) is 0 Å². The van der Waals surface area contributed by atoms with Crippen molar-refractivity contribution in [1.29, 1.82) is 0 Å². The van der Waals surface area contributed by atoms with E-state index in [1.54, 1.807) is 0 Å². The van der Waals surface area contributed by atoms with Crippen LogP contribution in [0.25, 0.3) is 0 Å². The third-order valence-electron chi connectivity index (χ3n) is 0.995. The van der Waals surface area contributed by atoms with Gasteiger partial charge in [-0.1, -0.05) is 0 Å². The largest absolute Gasteiger partial charge is 0.464 e. The summed E-state index contributed by atoms with van der Waals surface area (Å²) in [5.41, 5.74) is 0. The Kier molecular flexibility index (Phi) is 7.62. The lowest BCUT2D eigenvalue weighted by Gasteiger charge is -2.01. The summed E-state index contributed by atoms with van der Waals surface area (Å²) in [5, 5.41) is 0. The van der Waals surface area contributed by atoms with Crippen molar-refractivity contribution < 1.29 is 14.3 Å². The first-order valence-electron chi connectivity index (χ1n) is 3.60. The Balaban J connectivity index is 3.09. The lowest BCUT2D eigenvalue weighted by atomic mass is 10.5. The Morgan fingerprint density at radius 1 is 1.45 bits per heavy atom. The van der Waals surface area contributed by atoms with E-state index in [2.05, 4.69) is 4.74 Å². The van der Waals surface area contributed by atoms with E-state index in [0.29, 0.717) is 25.5 Å². The van der Waals surface area contributed by atoms with Gasteiger partial charge < -0.3 is 9.47 Å². The number of hydrogen-bond acceptors (Lipinski definition) is 3. The molecule has 4 heteroatoms. The topological polar surface area (TPSA) is 35.5 Å². The third-order valence-corrected chi connectivity index (χ3v) is 1.15. The molecule has 0 unspecified atom stereocenters. The summed E-state index contributed by atoms with van der Waals surface area (Å²) in [5.74, 6) is 0.0968. The van der Waals surface area contributed by atoms with Gasteiger partial charge >= 0.3 is 5.97 Å². The van der Waals surface area contributed by atoms with Gasteiger partial charge in [-0.2, -0.15) is 0 Å². The van der Waals surface area contributed by atoms with Crippen LogP contribution >= 0.6 is 11.6 Å². The smallest absolute Gasteiger partial charge is 0.308 e. The number of rotatable bonds is 6. The Morgan fingerprint density at radius 2 is 2.18 bits per heavy atom. The minimum atomic E-state index is -0.251. The lowest BCUT2D eigenvalue weighted by Crippen LogP contribution is -2.09. The van der Waals surface area contributed by atoms with Gasteiger partial charge in [0.05, 0.1) is 18.9 Å². The van der Waals surface area contributed by atoms with Crippen molar-refractivity contribution >= 4 is 17.6 Å². The zero-order valence-electron chi connectivity index (χ0n) is 6.64. The van der Waals surface area contributed by atoms with Crippen LogP contribution in [0.5, 0.6) is 0 Å². The van der Waals surface area contributed by atoms with Gasteiger partial charge in [-0.05, 0) is 6.92 Å². The summed E-state index contributed by atoms with van der Waals surface area (Å²) in [7, 11) is 0. The molecule has 0 bridgehead atoms. The van der Waals surface area contributed by atoms with E-state index >= 15 is 0 Å². The first-order chi connectivity index (χ1) is 5.31. The highest BCUT2D eigenvalue weighted by atomic mass is 35.5. The summed E-state index contributed by atoms with van der Waals surface area (Å²) >= 11 is 5.30. The summed E-state index contributed by atoms with van der Waals surface area (Å²) in [6, 6.07) is 0. The van der Waals surface area contributed by atoms with Gasteiger partial charge in [0.15, 0.2) is 0 Å². The highest BCUT2D eigenvalue weighted by Crippen LogP contribution is 1.88. The molecule has 0 rings (SSSR count). The number of carbonyl (C=O) groups is 1. The second kappa shape index (κ2) is 7.82. The molecule has 0 radical (unpaired) electrons. The van der Waals surface area contributed by atoms with Crippen LogP contribution in [0, 0.1) is 0 Å². The van der Waals surface area contributed by atoms with Crippen molar-refractivity contribution in [2.24, 2.45) is 0 Å². The summed E-state index contributed by atoms with van der Waals surface area (Å²) < 4.78 is 9.64. The molecule has 0 aliphatic carbocycles. The molecule has 0 spiro atoms. The Hall–Kier alpha value is -0.280. The maximum atomic E-state index is 10.7. The second-order valence-corrected chi connectivity index (χ2v) is 2.23. The van der Waals surface area contributed by atoms with E-state index in [9.17, 15) is 4.79 Å². The number of hydrogen-bond donors (Lipinski definition) is 0. The molecule has 0 saturated carbocycles. The molecule has 66 valence electrons. The second-order valence-electron chi connectivity index (χ2n) is 1.86. The predicted octanol–water partition coefficient (Wildman–Crippen LogP) is 1.20. The fourth-order valence-electron chi connectivity index (χ4n) is 0.524. The average Bonchev–Trinajstić information content (AvgIpc) is 2.01. The standard InChI is InChI=1S/C7H13ClO3/c1-2-10-5-3-7(9)11-6-4-8/h2-6H2,1H3. The van der Waals surface area contributed by atoms with E-state index in [1.807, 2.05) is 6.92 Å².